The maximum Gasteiger partial charge on any atom is 0.339 e. The van der Waals surface area contributed by atoms with E-state index in [1.165, 1.54) is 22.0 Å². The topological polar surface area (TPSA) is 93.8 Å². The highest BCUT2D eigenvalue weighted by molar-refractivity contribution is 7.99. The first-order valence-electron chi connectivity index (χ1n) is 6.23. The minimum atomic E-state index is -0.769. The summed E-state index contributed by atoms with van der Waals surface area (Å²) in [4.78, 5) is 26.3. The molecule has 0 fully saturated rings. The van der Waals surface area contributed by atoms with Gasteiger partial charge in [0.15, 0.2) is 5.16 Å². The fraction of sp³-hybridized carbons (Fsp3) is 0.308. The third-order valence-electron chi connectivity index (χ3n) is 3.44. The smallest absolute Gasteiger partial charge is 0.323 e. The number of hydrogen-bond acceptors (Lipinski definition) is 5. The van der Waals surface area contributed by atoms with E-state index in [1.54, 1.807) is 7.05 Å². The maximum absolute atomic E-state index is 11.4. The molecule has 20 heavy (non-hydrogen) atoms. The van der Waals surface area contributed by atoms with Crippen molar-refractivity contribution in [3.8, 4) is 0 Å². The second-order valence-electron chi connectivity index (χ2n) is 4.78. The molecule has 1 aliphatic rings. The van der Waals surface area contributed by atoms with Crippen molar-refractivity contribution in [1.82, 2.24) is 14.8 Å². The molecule has 3 rings (SSSR count). The van der Waals surface area contributed by atoms with Gasteiger partial charge in [-0.2, -0.15) is 4.98 Å². The van der Waals surface area contributed by atoms with Crippen LogP contribution in [0.2, 0.25) is 0 Å². The number of aromatic nitrogens is 3. The van der Waals surface area contributed by atoms with E-state index in [1.807, 2.05) is 18.2 Å². The number of thioether (sulfide) groups is 1. The molecule has 1 aromatic carbocycles. The van der Waals surface area contributed by atoms with Crippen molar-refractivity contribution in [2.24, 2.45) is 12.8 Å². The molecule has 7 heteroatoms. The van der Waals surface area contributed by atoms with Crippen LogP contribution < -0.4 is 16.9 Å². The van der Waals surface area contributed by atoms with E-state index in [2.05, 4.69) is 16.1 Å². The highest BCUT2D eigenvalue weighted by atomic mass is 32.2. The van der Waals surface area contributed by atoms with E-state index >= 15 is 0 Å². The minimum Gasteiger partial charge on any atom is -0.323 e. The van der Waals surface area contributed by atoms with Crippen LogP contribution in [0.15, 0.2) is 39.0 Å². The SMILES string of the molecule is Cn1[nH]c(=O)c(=O)nc1SC1Cc2ccccc2C1N. The zero-order valence-corrected chi connectivity index (χ0v) is 11.7. The highest BCUT2D eigenvalue weighted by Gasteiger charge is 2.31. The van der Waals surface area contributed by atoms with Gasteiger partial charge < -0.3 is 5.73 Å². The molecule has 0 radical (unpaired) electrons. The largest absolute Gasteiger partial charge is 0.339 e. The van der Waals surface area contributed by atoms with Crippen molar-refractivity contribution in [3.05, 3.63) is 56.1 Å². The van der Waals surface area contributed by atoms with Crippen LogP contribution in [-0.4, -0.2) is 20.0 Å². The van der Waals surface area contributed by atoms with Crippen molar-refractivity contribution in [1.29, 1.82) is 0 Å². The first kappa shape index (κ1) is 13.1. The normalized spacial score (nSPS) is 20.9. The Bertz CT molecular complexity index is 767. The van der Waals surface area contributed by atoms with Crippen molar-refractivity contribution in [2.75, 3.05) is 0 Å². The highest BCUT2D eigenvalue weighted by Crippen LogP contribution is 2.38. The second-order valence-corrected chi connectivity index (χ2v) is 5.99. The number of aryl methyl sites for hydroxylation is 1. The Morgan fingerprint density at radius 2 is 2.15 bits per heavy atom. The quantitative estimate of drug-likeness (QED) is 0.770. The lowest BCUT2D eigenvalue weighted by molar-refractivity contribution is 0.592. The van der Waals surface area contributed by atoms with Gasteiger partial charge in [-0.05, 0) is 17.5 Å². The van der Waals surface area contributed by atoms with Gasteiger partial charge in [-0.25, -0.2) is 0 Å². The summed E-state index contributed by atoms with van der Waals surface area (Å²) in [5.41, 5.74) is 7.13. The molecule has 0 saturated heterocycles. The molecule has 0 bridgehead atoms. The monoisotopic (exact) mass is 290 g/mol. The molecular formula is C13H14N4O2S. The van der Waals surface area contributed by atoms with Gasteiger partial charge in [-0.15, -0.1) is 0 Å². The Kier molecular flexibility index (Phi) is 3.23. The molecule has 1 aliphatic carbocycles. The molecule has 2 atom stereocenters. The molecule has 6 nitrogen and oxygen atoms in total. The number of nitrogens with one attached hydrogen (secondary N) is 1. The van der Waals surface area contributed by atoms with Gasteiger partial charge in [0.05, 0.1) is 0 Å². The number of rotatable bonds is 2. The number of H-pyrrole nitrogens is 1. The van der Waals surface area contributed by atoms with E-state index < -0.39 is 11.1 Å². The number of nitrogens with zero attached hydrogens (tertiary/aromatic N) is 2. The Balaban J connectivity index is 1.89. The van der Waals surface area contributed by atoms with Crippen LogP contribution in [0.25, 0.3) is 0 Å². The van der Waals surface area contributed by atoms with Gasteiger partial charge in [0.25, 0.3) is 0 Å². The average Bonchev–Trinajstić information content (AvgIpc) is 2.73. The summed E-state index contributed by atoms with van der Waals surface area (Å²) in [6, 6.07) is 7.96. The van der Waals surface area contributed by atoms with Crippen LogP contribution in [0.3, 0.4) is 0 Å². The molecule has 0 saturated carbocycles. The van der Waals surface area contributed by atoms with Gasteiger partial charge in [0, 0.05) is 18.3 Å². The lowest BCUT2D eigenvalue weighted by Gasteiger charge is -2.16. The molecule has 104 valence electrons. The second kappa shape index (κ2) is 4.92. The van der Waals surface area contributed by atoms with Crippen LogP contribution in [0.1, 0.15) is 17.2 Å². The summed E-state index contributed by atoms with van der Waals surface area (Å²) in [6.07, 6.45) is 0.830. The molecule has 0 aliphatic heterocycles. The van der Waals surface area contributed by atoms with Crippen molar-refractivity contribution in [3.63, 3.8) is 0 Å². The average molecular weight is 290 g/mol. The van der Waals surface area contributed by atoms with Gasteiger partial charge in [-0.3, -0.25) is 19.4 Å². The number of fused-ring (bicyclic) bond motifs is 1. The van der Waals surface area contributed by atoms with Crippen molar-refractivity contribution in [2.45, 2.75) is 22.9 Å². The van der Waals surface area contributed by atoms with E-state index in [9.17, 15) is 9.59 Å². The van der Waals surface area contributed by atoms with Crippen LogP contribution in [0, 0.1) is 0 Å². The van der Waals surface area contributed by atoms with Gasteiger partial charge in [-0.1, -0.05) is 36.0 Å². The van der Waals surface area contributed by atoms with E-state index in [4.69, 9.17) is 5.73 Å². The third-order valence-corrected chi connectivity index (χ3v) is 4.78. The summed E-state index contributed by atoms with van der Waals surface area (Å²) in [5, 5.41) is 3.02. The fourth-order valence-electron chi connectivity index (χ4n) is 2.41. The molecule has 1 aromatic heterocycles. The lowest BCUT2D eigenvalue weighted by Crippen LogP contribution is -2.34. The molecule has 2 aromatic rings. The van der Waals surface area contributed by atoms with Crippen LogP contribution in [0.4, 0.5) is 0 Å². The molecule has 1 heterocycles. The van der Waals surface area contributed by atoms with E-state index in [-0.39, 0.29) is 11.3 Å². The zero-order valence-electron chi connectivity index (χ0n) is 10.9. The van der Waals surface area contributed by atoms with Crippen LogP contribution >= 0.6 is 11.8 Å². The Labute approximate surface area is 119 Å². The Morgan fingerprint density at radius 3 is 2.90 bits per heavy atom. The standard InChI is InChI=1S/C13H14N4O2S/c1-17-13(15-11(18)12(19)16-17)20-9-6-7-4-2-3-5-8(7)10(9)14/h2-5,9-10H,6,14H2,1H3,(H,16,19). The number of aromatic amines is 1. The van der Waals surface area contributed by atoms with Crippen molar-refractivity contribution < 1.29 is 0 Å². The molecule has 0 amide bonds. The minimum absolute atomic E-state index is 0.0972. The first-order chi connectivity index (χ1) is 9.56. The molecule has 0 spiro atoms. The summed E-state index contributed by atoms with van der Waals surface area (Å²) in [5.74, 6) is 0. The number of hydrogen-bond donors (Lipinski definition) is 2. The van der Waals surface area contributed by atoms with E-state index in [0.717, 1.165) is 12.0 Å². The summed E-state index contributed by atoms with van der Waals surface area (Å²) < 4.78 is 1.46. The Hall–Kier alpha value is -1.86. The number of nitrogens with two attached hydrogens (primary N) is 1. The summed E-state index contributed by atoms with van der Waals surface area (Å²) in [6.45, 7) is 0. The molecule has 2 unspecified atom stereocenters. The van der Waals surface area contributed by atoms with E-state index in [0.29, 0.717) is 5.16 Å². The fourth-order valence-corrected chi connectivity index (χ4v) is 3.57. The van der Waals surface area contributed by atoms with Gasteiger partial charge in [0.1, 0.15) is 0 Å². The van der Waals surface area contributed by atoms with Gasteiger partial charge >= 0.3 is 11.1 Å². The summed E-state index contributed by atoms with van der Waals surface area (Å²) >= 11 is 1.42. The Morgan fingerprint density at radius 1 is 1.40 bits per heavy atom. The van der Waals surface area contributed by atoms with Gasteiger partial charge in [0.2, 0.25) is 0 Å². The maximum atomic E-state index is 11.4. The van der Waals surface area contributed by atoms with Crippen LogP contribution in [-0.2, 0) is 13.5 Å². The van der Waals surface area contributed by atoms with Crippen LogP contribution in [0.5, 0.6) is 0 Å². The first-order valence-corrected chi connectivity index (χ1v) is 7.11. The third kappa shape index (κ3) is 2.19. The number of benzene rings is 1. The predicted octanol–water partition coefficient (Wildman–Crippen LogP) is 0.185. The predicted molar refractivity (Wildman–Crippen MR) is 76.8 cm³/mol. The molecule has 3 N–H and O–H groups in total. The lowest BCUT2D eigenvalue weighted by atomic mass is 10.1. The van der Waals surface area contributed by atoms with Crippen molar-refractivity contribution >= 4 is 11.8 Å². The molecular weight excluding hydrogens is 276 g/mol. The zero-order chi connectivity index (χ0) is 14.3. The summed E-state index contributed by atoms with van der Waals surface area (Å²) in [7, 11) is 1.66.